The van der Waals surface area contributed by atoms with Gasteiger partial charge in [0.2, 0.25) is 0 Å². The standard InChI is InChI=1S/C18H18O3/c1-13-8-10-14(11-9-13)16(18(20)21-2)12-17(19)15-6-4-3-5-7-15/h3-11,16H,12H2,1-2H3. The van der Waals surface area contributed by atoms with Crippen molar-refractivity contribution in [2.75, 3.05) is 7.11 Å². The minimum absolute atomic E-state index is 0.0634. The molecule has 0 amide bonds. The molecule has 0 heterocycles. The van der Waals surface area contributed by atoms with E-state index in [1.54, 1.807) is 12.1 Å². The van der Waals surface area contributed by atoms with Crippen LogP contribution in [0.15, 0.2) is 54.6 Å². The highest BCUT2D eigenvalue weighted by atomic mass is 16.5. The third-order valence-corrected chi connectivity index (χ3v) is 3.45. The highest BCUT2D eigenvalue weighted by Gasteiger charge is 2.25. The molecule has 0 aliphatic rings. The minimum Gasteiger partial charge on any atom is -0.469 e. The maximum absolute atomic E-state index is 12.3. The molecule has 0 N–H and O–H groups in total. The summed E-state index contributed by atoms with van der Waals surface area (Å²) in [6.07, 6.45) is 0.111. The van der Waals surface area contributed by atoms with Crippen molar-refractivity contribution in [1.82, 2.24) is 0 Å². The van der Waals surface area contributed by atoms with Crippen molar-refractivity contribution in [1.29, 1.82) is 0 Å². The normalized spacial score (nSPS) is 11.7. The van der Waals surface area contributed by atoms with Crippen molar-refractivity contribution >= 4 is 11.8 Å². The average molecular weight is 282 g/mol. The van der Waals surface area contributed by atoms with Gasteiger partial charge in [0.1, 0.15) is 0 Å². The Morgan fingerprint density at radius 3 is 2.19 bits per heavy atom. The van der Waals surface area contributed by atoms with E-state index in [2.05, 4.69) is 0 Å². The highest BCUT2D eigenvalue weighted by Crippen LogP contribution is 2.24. The van der Waals surface area contributed by atoms with Gasteiger partial charge in [-0.2, -0.15) is 0 Å². The van der Waals surface area contributed by atoms with Crippen LogP contribution < -0.4 is 0 Å². The molecule has 2 aromatic rings. The Balaban J connectivity index is 2.23. The minimum atomic E-state index is -0.566. The van der Waals surface area contributed by atoms with Crippen LogP contribution in [-0.4, -0.2) is 18.9 Å². The van der Waals surface area contributed by atoms with Gasteiger partial charge in [-0.3, -0.25) is 9.59 Å². The number of esters is 1. The molecule has 0 saturated carbocycles. The maximum Gasteiger partial charge on any atom is 0.313 e. The van der Waals surface area contributed by atoms with Crippen LogP contribution >= 0.6 is 0 Å². The first kappa shape index (κ1) is 15.0. The quantitative estimate of drug-likeness (QED) is 0.622. The molecule has 0 aliphatic carbocycles. The van der Waals surface area contributed by atoms with Gasteiger partial charge in [-0.1, -0.05) is 60.2 Å². The van der Waals surface area contributed by atoms with E-state index in [9.17, 15) is 9.59 Å². The van der Waals surface area contributed by atoms with Gasteiger partial charge < -0.3 is 4.74 Å². The maximum atomic E-state index is 12.3. The Morgan fingerprint density at radius 2 is 1.62 bits per heavy atom. The zero-order chi connectivity index (χ0) is 15.2. The summed E-state index contributed by atoms with van der Waals surface area (Å²) in [6, 6.07) is 16.6. The number of aryl methyl sites for hydroxylation is 1. The molecule has 0 bridgehead atoms. The van der Waals surface area contributed by atoms with E-state index < -0.39 is 5.92 Å². The third-order valence-electron chi connectivity index (χ3n) is 3.45. The van der Waals surface area contributed by atoms with Crippen molar-refractivity contribution in [2.24, 2.45) is 0 Å². The Labute approximate surface area is 124 Å². The van der Waals surface area contributed by atoms with Crippen LogP contribution in [0.3, 0.4) is 0 Å². The fourth-order valence-electron chi connectivity index (χ4n) is 2.21. The van der Waals surface area contributed by atoms with Gasteiger partial charge in [0.25, 0.3) is 0 Å². The zero-order valence-electron chi connectivity index (χ0n) is 12.2. The monoisotopic (exact) mass is 282 g/mol. The van der Waals surface area contributed by atoms with Gasteiger partial charge in [-0.05, 0) is 12.5 Å². The van der Waals surface area contributed by atoms with Crippen LogP contribution in [0.5, 0.6) is 0 Å². The number of ether oxygens (including phenoxy) is 1. The van der Waals surface area contributed by atoms with Crippen LogP contribution in [0.1, 0.15) is 33.8 Å². The third kappa shape index (κ3) is 3.78. The molecule has 0 aromatic heterocycles. The zero-order valence-corrected chi connectivity index (χ0v) is 12.2. The molecule has 3 nitrogen and oxygen atoms in total. The molecule has 0 fully saturated rings. The first-order valence-electron chi connectivity index (χ1n) is 6.84. The van der Waals surface area contributed by atoms with Gasteiger partial charge in [-0.25, -0.2) is 0 Å². The lowest BCUT2D eigenvalue weighted by Gasteiger charge is -2.14. The van der Waals surface area contributed by atoms with Crippen molar-refractivity contribution in [3.05, 3.63) is 71.3 Å². The van der Waals surface area contributed by atoms with Crippen LogP contribution in [0.2, 0.25) is 0 Å². The van der Waals surface area contributed by atoms with Gasteiger partial charge in [0.05, 0.1) is 13.0 Å². The predicted octanol–water partition coefficient (Wildman–Crippen LogP) is 3.52. The van der Waals surface area contributed by atoms with E-state index in [4.69, 9.17) is 4.74 Å². The highest BCUT2D eigenvalue weighted by molar-refractivity contribution is 5.99. The van der Waals surface area contributed by atoms with Crippen LogP contribution in [0.4, 0.5) is 0 Å². The Hall–Kier alpha value is -2.42. The largest absolute Gasteiger partial charge is 0.469 e. The lowest BCUT2D eigenvalue weighted by atomic mass is 9.91. The lowest BCUT2D eigenvalue weighted by molar-refractivity contribution is -0.142. The van der Waals surface area contributed by atoms with E-state index in [0.717, 1.165) is 11.1 Å². The van der Waals surface area contributed by atoms with Gasteiger partial charge in [-0.15, -0.1) is 0 Å². The molecule has 1 unspecified atom stereocenters. The Kier molecular flexibility index (Phi) is 4.88. The van der Waals surface area contributed by atoms with Crippen LogP contribution in [0, 0.1) is 6.92 Å². The summed E-state index contributed by atoms with van der Waals surface area (Å²) in [5.41, 5.74) is 2.52. The number of ketones is 1. The van der Waals surface area contributed by atoms with Crippen LogP contribution in [-0.2, 0) is 9.53 Å². The fourth-order valence-corrected chi connectivity index (χ4v) is 2.21. The van der Waals surface area contributed by atoms with Crippen molar-refractivity contribution in [3.8, 4) is 0 Å². The average Bonchev–Trinajstić information content (AvgIpc) is 2.53. The number of carbonyl (C=O) groups is 2. The number of hydrogen-bond acceptors (Lipinski definition) is 3. The van der Waals surface area contributed by atoms with Gasteiger partial charge in [0.15, 0.2) is 5.78 Å². The number of rotatable bonds is 5. The van der Waals surface area contributed by atoms with Crippen LogP contribution in [0.25, 0.3) is 0 Å². The Bertz CT molecular complexity index is 615. The molecule has 0 saturated heterocycles. The molecule has 0 spiro atoms. The first-order valence-corrected chi connectivity index (χ1v) is 6.84. The summed E-state index contributed by atoms with van der Waals surface area (Å²) in [5, 5.41) is 0. The van der Waals surface area contributed by atoms with Crippen molar-refractivity contribution in [3.63, 3.8) is 0 Å². The summed E-state index contributed by atoms with van der Waals surface area (Å²) >= 11 is 0. The summed E-state index contributed by atoms with van der Waals surface area (Å²) in [4.78, 5) is 24.3. The topological polar surface area (TPSA) is 43.4 Å². The molecular formula is C18H18O3. The number of methoxy groups -OCH3 is 1. The lowest BCUT2D eigenvalue weighted by Crippen LogP contribution is -2.18. The second-order valence-electron chi connectivity index (χ2n) is 4.98. The summed E-state index contributed by atoms with van der Waals surface area (Å²) < 4.78 is 4.84. The number of Topliss-reactive ketones (excluding diaryl/α,β-unsaturated/α-hetero) is 1. The second kappa shape index (κ2) is 6.84. The fraction of sp³-hybridized carbons (Fsp3) is 0.222. The first-order chi connectivity index (χ1) is 10.1. The molecular weight excluding hydrogens is 264 g/mol. The van der Waals surface area contributed by atoms with E-state index in [0.29, 0.717) is 5.56 Å². The van der Waals surface area contributed by atoms with E-state index in [1.807, 2.05) is 49.4 Å². The molecule has 1 atom stereocenters. The Morgan fingerprint density at radius 1 is 1.00 bits per heavy atom. The molecule has 3 heteroatoms. The van der Waals surface area contributed by atoms with E-state index in [-0.39, 0.29) is 18.2 Å². The molecule has 2 rings (SSSR count). The predicted molar refractivity (Wildman–Crippen MR) is 81.3 cm³/mol. The van der Waals surface area contributed by atoms with Crippen molar-refractivity contribution < 1.29 is 14.3 Å². The smallest absolute Gasteiger partial charge is 0.313 e. The molecule has 108 valence electrons. The molecule has 2 aromatic carbocycles. The number of carbonyl (C=O) groups excluding carboxylic acids is 2. The van der Waals surface area contributed by atoms with Crippen molar-refractivity contribution in [2.45, 2.75) is 19.3 Å². The molecule has 21 heavy (non-hydrogen) atoms. The summed E-state index contributed by atoms with van der Waals surface area (Å²) in [7, 11) is 1.34. The SMILES string of the molecule is COC(=O)C(CC(=O)c1ccccc1)c1ccc(C)cc1. The summed E-state index contributed by atoms with van der Waals surface area (Å²) in [6.45, 7) is 1.98. The molecule has 0 aliphatic heterocycles. The van der Waals surface area contributed by atoms with E-state index >= 15 is 0 Å². The van der Waals surface area contributed by atoms with E-state index in [1.165, 1.54) is 7.11 Å². The number of benzene rings is 2. The number of hydrogen-bond donors (Lipinski definition) is 0. The van der Waals surface area contributed by atoms with Gasteiger partial charge >= 0.3 is 5.97 Å². The molecule has 0 radical (unpaired) electrons. The second-order valence-corrected chi connectivity index (χ2v) is 4.98. The summed E-state index contributed by atoms with van der Waals surface area (Å²) in [5.74, 6) is -1.02. The van der Waals surface area contributed by atoms with Gasteiger partial charge in [0, 0.05) is 12.0 Å².